The van der Waals surface area contributed by atoms with E-state index in [9.17, 15) is 8.78 Å². The maximum Gasteiger partial charge on any atom is 0.281 e. The van der Waals surface area contributed by atoms with E-state index in [0.29, 0.717) is 0 Å². The number of hydrogen-bond acceptors (Lipinski definition) is 1. The summed E-state index contributed by atoms with van der Waals surface area (Å²) in [5, 5.41) is 0.313. The Kier molecular flexibility index (Phi) is 3.48. The normalized spacial score (nSPS) is 10.8. The van der Waals surface area contributed by atoms with Crippen LogP contribution in [0.4, 0.5) is 8.78 Å². The summed E-state index contributed by atoms with van der Waals surface area (Å²) < 4.78 is 24.5. The molecule has 0 aliphatic rings. The maximum absolute atomic E-state index is 12.2. The minimum atomic E-state index is -2.62. The van der Waals surface area contributed by atoms with Crippen molar-refractivity contribution >= 4 is 45.8 Å². The van der Waals surface area contributed by atoms with Crippen molar-refractivity contribution in [2.24, 2.45) is 0 Å². The molecule has 0 aliphatic heterocycles. The molecule has 0 amide bonds. The minimum Gasteiger partial charge on any atom is -0.252 e. The van der Waals surface area contributed by atoms with Crippen LogP contribution in [-0.2, 0) is 0 Å². The second-order valence-corrected chi connectivity index (χ2v) is 3.78. The van der Waals surface area contributed by atoms with Gasteiger partial charge >= 0.3 is 0 Å². The third-order valence-corrected chi connectivity index (χ3v) is 3.34. The molecule has 6 heteroatoms. The van der Waals surface area contributed by atoms with Crippen molar-refractivity contribution in [3.8, 4) is 0 Å². The number of hydrogen-bond donors (Lipinski definition) is 0. The molecule has 1 aromatic rings. The van der Waals surface area contributed by atoms with Crippen LogP contribution in [0.5, 0.6) is 0 Å². The Hall–Kier alpha value is 0.320. The van der Waals surface area contributed by atoms with Crippen LogP contribution in [0.3, 0.4) is 0 Å². The Morgan fingerprint density at radius 3 is 2.50 bits per heavy atom. The molecule has 1 heterocycles. The van der Waals surface area contributed by atoms with Crippen LogP contribution in [-0.4, -0.2) is 4.98 Å². The zero-order valence-electron chi connectivity index (χ0n) is 5.49. The Morgan fingerprint density at radius 1 is 1.42 bits per heavy atom. The Balaban J connectivity index is 3.27. The zero-order valence-corrected chi connectivity index (χ0v) is 9.16. The van der Waals surface area contributed by atoms with E-state index in [1.807, 2.05) is 0 Å². The number of rotatable bonds is 1. The fourth-order valence-corrected chi connectivity index (χ4v) is 1.72. The van der Waals surface area contributed by atoms with Crippen molar-refractivity contribution in [1.82, 2.24) is 4.98 Å². The average molecular weight is 324 g/mol. The van der Waals surface area contributed by atoms with E-state index in [-0.39, 0.29) is 19.3 Å². The predicted molar refractivity (Wildman–Crippen MR) is 51.9 cm³/mol. The highest BCUT2D eigenvalue weighted by Crippen LogP contribution is 2.32. The molecule has 0 radical (unpaired) electrons. The molecule has 1 rings (SSSR count). The van der Waals surface area contributed by atoms with Gasteiger partial charge in [0.2, 0.25) is 0 Å². The number of aromatic nitrogens is 1. The van der Waals surface area contributed by atoms with Gasteiger partial charge in [-0.2, -0.15) is 0 Å². The van der Waals surface area contributed by atoms with Crippen molar-refractivity contribution in [1.29, 1.82) is 0 Å². The van der Waals surface area contributed by atoms with Gasteiger partial charge in [0.25, 0.3) is 6.43 Å². The molecule has 12 heavy (non-hydrogen) atoms. The van der Waals surface area contributed by atoms with E-state index in [1.165, 1.54) is 0 Å². The van der Waals surface area contributed by atoms with Gasteiger partial charge in [-0.05, 0) is 22.6 Å². The Labute approximate surface area is 91.2 Å². The van der Waals surface area contributed by atoms with Crippen molar-refractivity contribution in [2.45, 2.75) is 6.43 Å². The zero-order chi connectivity index (χ0) is 9.30. The lowest BCUT2D eigenvalue weighted by Crippen LogP contribution is -1.95. The number of nitrogens with zero attached hydrogens (tertiary/aromatic N) is 1. The molecule has 0 atom stereocenters. The maximum atomic E-state index is 12.2. The van der Waals surface area contributed by atoms with Crippen LogP contribution < -0.4 is 0 Å². The molecule has 0 N–H and O–H groups in total. The van der Waals surface area contributed by atoms with Crippen molar-refractivity contribution in [3.63, 3.8) is 0 Å². The minimum absolute atomic E-state index is 0.127. The van der Waals surface area contributed by atoms with Gasteiger partial charge in [0.15, 0.2) is 0 Å². The number of halogens is 5. The molecule has 0 saturated heterocycles. The van der Waals surface area contributed by atoms with Gasteiger partial charge in [-0.15, -0.1) is 0 Å². The molecule has 0 aliphatic carbocycles. The van der Waals surface area contributed by atoms with Gasteiger partial charge in [-0.25, -0.2) is 8.78 Å². The summed E-state index contributed by atoms with van der Waals surface area (Å²) in [4.78, 5) is 3.46. The van der Waals surface area contributed by atoms with E-state index in [2.05, 4.69) is 4.98 Å². The summed E-state index contributed by atoms with van der Waals surface area (Å²) in [6.07, 6.45) is -1.50. The van der Waals surface area contributed by atoms with E-state index in [4.69, 9.17) is 23.2 Å². The highest BCUT2D eigenvalue weighted by molar-refractivity contribution is 14.1. The lowest BCUT2D eigenvalue weighted by atomic mass is 10.4. The lowest BCUT2D eigenvalue weighted by molar-refractivity contribution is 0.145. The molecule has 0 fully saturated rings. The molecule has 0 unspecified atom stereocenters. The van der Waals surface area contributed by atoms with Crippen molar-refractivity contribution in [2.75, 3.05) is 0 Å². The molecular weight excluding hydrogens is 322 g/mol. The SMILES string of the molecule is FC(F)c1ncc(Cl)c(Cl)c1I. The summed E-state index contributed by atoms with van der Waals surface area (Å²) in [7, 11) is 0. The molecule has 0 spiro atoms. The van der Waals surface area contributed by atoms with E-state index >= 15 is 0 Å². The average Bonchev–Trinajstić information content (AvgIpc) is 2.00. The van der Waals surface area contributed by atoms with Gasteiger partial charge in [-0.3, -0.25) is 4.98 Å². The van der Waals surface area contributed by atoms with Crippen LogP contribution in [0.15, 0.2) is 6.20 Å². The fourth-order valence-electron chi connectivity index (χ4n) is 0.609. The summed E-state index contributed by atoms with van der Waals surface area (Å²) >= 11 is 12.8. The van der Waals surface area contributed by atoms with Gasteiger partial charge < -0.3 is 0 Å². The fraction of sp³-hybridized carbons (Fsp3) is 0.167. The molecule has 66 valence electrons. The smallest absolute Gasteiger partial charge is 0.252 e. The highest BCUT2D eigenvalue weighted by Gasteiger charge is 2.17. The molecular formula is C6H2Cl2F2IN. The molecule has 0 saturated carbocycles. The first-order valence-corrected chi connectivity index (χ1v) is 4.65. The summed E-state index contributed by atoms with van der Waals surface area (Å²) in [5.74, 6) is 0. The van der Waals surface area contributed by atoms with Crippen LogP contribution in [0.2, 0.25) is 10.0 Å². The summed E-state index contributed by atoms with van der Waals surface area (Å²) in [5.41, 5.74) is -0.329. The van der Waals surface area contributed by atoms with Crippen LogP contribution in [0.25, 0.3) is 0 Å². The summed E-state index contributed by atoms with van der Waals surface area (Å²) in [6.45, 7) is 0. The second-order valence-electron chi connectivity index (χ2n) is 1.92. The standard InChI is InChI=1S/C6H2Cl2F2IN/c7-2-1-12-5(6(9)10)4(11)3(2)8/h1,6H. The van der Waals surface area contributed by atoms with Crippen molar-refractivity contribution < 1.29 is 8.78 Å². The van der Waals surface area contributed by atoms with E-state index < -0.39 is 6.43 Å². The lowest BCUT2D eigenvalue weighted by Gasteiger charge is -2.04. The second kappa shape index (κ2) is 4.02. The predicted octanol–water partition coefficient (Wildman–Crippen LogP) is 3.93. The van der Waals surface area contributed by atoms with Gasteiger partial charge in [-0.1, -0.05) is 23.2 Å². The van der Waals surface area contributed by atoms with Crippen LogP contribution in [0, 0.1) is 3.57 Å². The third kappa shape index (κ3) is 1.97. The largest absolute Gasteiger partial charge is 0.281 e. The first-order valence-electron chi connectivity index (χ1n) is 2.81. The Bertz CT molecular complexity index is 306. The third-order valence-electron chi connectivity index (χ3n) is 1.15. The first kappa shape index (κ1) is 10.4. The number of pyridine rings is 1. The quantitative estimate of drug-likeness (QED) is 0.714. The van der Waals surface area contributed by atoms with E-state index in [0.717, 1.165) is 6.20 Å². The molecule has 1 nitrogen and oxygen atoms in total. The van der Waals surface area contributed by atoms with Crippen LogP contribution >= 0.6 is 45.8 Å². The van der Waals surface area contributed by atoms with Gasteiger partial charge in [0, 0.05) is 6.20 Å². The van der Waals surface area contributed by atoms with Gasteiger partial charge in [0.1, 0.15) is 5.69 Å². The molecule has 0 aromatic carbocycles. The molecule has 1 aromatic heterocycles. The van der Waals surface area contributed by atoms with Crippen LogP contribution in [0.1, 0.15) is 12.1 Å². The highest BCUT2D eigenvalue weighted by atomic mass is 127. The van der Waals surface area contributed by atoms with Crippen molar-refractivity contribution in [3.05, 3.63) is 25.5 Å². The first-order chi connectivity index (χ1) is 5.54. The monoisotopic (exact) mass is 323 g/mol. The number of alkyl halides is 2. The van der Waals surface area contributed by atoms with E-state index in [1.54, 1.807) is 22.6 Å². The summed E-state index contributed by atoms with van der Waals surface area (Å²) in [6, 6.07) is 0. The Morgan fingerprint density at radius 2 is 2.00 bits per heavy atom. The van der Waals surface area contributed by atoms with Gasteiger partial charge in [0.05, 0.1) is 13.6 Å². The topological polar surface area (TPSA) is 12.9 Å². The molecule has 0 bridgehead atoms.